The van der Waals surface area contributed by atoms with Crippen LogP contribution in [0.5, 0.6) is 0 Å². The Morgan fingerprint density at radius 2 is 1.59 bits per heavy atom. The molecule has 0 bridgehead atoms. The molecule has 2 fully saturated rings. The zero-order valence-electron chi connectivity index (χ0n) is 16.7. The number of piperazine rings is 1. The Morgan fingerprint density at radius 3 is 2.21 bits per heavy atom. The number of hydrogen-bond acceptors (Lipinski definition) is 3. The maximum atomic E-state index is 13.1. The maximum Gasteiger partial charge on any atom is 0.228 e. The number of aryl methyl sites for hydroxylation is 1. The summed E-state index contributed by atoms with van der Waals surface area (Å²) >= 11 is 0. The summed E-state index contributed by atoms with van der Waals surface area (Å²) in [6.45, 7) is 5.19. The Morgan fingerprint density at radius 1 is 0.966 bits per heavy atom. The SMILES string of the molecule is CCc1ccc(N2CC(C(=O)N3CCN(c4ccc(F)cc4)CC3)CC2=O)cc1. The number of carbonyl (C=O) groups is 2. The zero-order valence-corrected chi connectivity index (χ0v) is 16.7. The van der Waals surface area contributed by atoms with Crippen molar-refractivity contribution in [2.75, 3.05) is 42.5 Å². The fraction of sp³-hybridized carbons (Fsp3) is 0.391. The van der Waals surface area contributed by atoms with Gasteiger partial charge in [-0.1, -0.05) is 19.1 Å². The lowest BCUT2D eigenvalue weighted by molar-refractivity contribution is -0.136. The van der Waals surface area contributed by atoms with Crippen molar-refractivity contribution < 1.29 is 14.0 Å². The number of carbonyl (C=O) groups excluding carboxylic acids is 2. The van der Waals surface area contributed by atoms with Crippen molar-refractivity contribution in [2.24, 2.45) is 5.92 Å². The second kappa shape index (κ2) is 8.23. The molecule has 2 saturated heterocycles. The summed E-state index contributed by atoms with van der Waals surface area (Å²) in [5.41, 5.74) is 3.06. The molecule has 2 heterocycles. The second-order valence-corrected chi connectivity index (χ2v) is 7.71. The zero-order chi connectivity index (χ0) is 20.4. The van der Waals surface area contributed by atoms with E-state index in [1.54, 1.807) is 17.0 Å². The molecule has 0 aliphatic carbocycles. The first-order chi connectivity index (χ1) is 14.0. The summed E-state index contributed by atoms with van der Waals surface area (Å²) in [7, 11) is 0. The van der Waals surface area contributed by atoms with E-state index in [-0.39, 0.29) is 30.0 Å². The van der Waals surface area contributed by atoms with E-state index in [0.717, 1.165) is 17.8 Å². The van der Waals surface area contributed by atoms with Gasteiger partial charge in [0.15, 0.2) is 0 Å². The maximum absolute atomic E-state index is 13.1. The average Bonchev–Trinajstić information content (AvgIpc) is 3.15. The van der Waals surface area contributed by atoms with Gasteiger partial charge in [0.25, 0.3) is 0 Å². The van der Waals surface area contributed by atoms with Crippen LogP contribution in [0.1, 0.15) is 18.9 Å². The Kier molecular flexibility index (Phi) is 5.51. The summed E-state index contributed by atoms with van der Waals surface area (Å²) in [5, 5.41) is 0. The van der Waals surface area contributed by atoms with Crippen LogP contribution < -0.4 is 9.80 Å². The van der Waals surface area contributed by atoms with Gasteiger partial charge in [0, 0.05) is 50.5 Å². The molecule has 0 N–H and O–H groups in total. The second-order valence-electron chi connectivity index (χ2n) is 7.71. The molecule has 0 saturated carbocycles. The fourth-order valence-corrected chi connectivity index (χ4v) is 4.13. The highest BCUT2D eigenvalue weighted by Crippen LogP contribution is 2.27. The van der Waals surface area contributed by atoms with E-state index >= 15 is 0 Å². The Labute approximate surface area is 170 Å². The van der Waals surface area contributed by atoms with Gasteiger partial charge < -0.3 is 14.7 Å². The van der Waals surface area contributed by atoms with Gasteiger partial charge in [-0.25, -0.2) is 4.39 Å². The van der Waals surface area contributed by atoms with Crippen LogP contribution in [0, 0.1) is 11.7 Å². The normalized spacial score (nSPS) is 19.7. The number of halogens is 1. The molecule has 5 nitrogen and oxygen atoms in total. The summed E-state index contributed by atoms with van der Waals surface area (Å²) in [6, 6.07) is 14.4. The highest BCUT2D eigenvalue weighted by Gasteiger charge is 2.37. The summed E-state index contributed by atoms with van der Waals surface area (Å²) < 4.78 is 13.1. The van der Waals surface area contributed by atoms with Crippen LogP contribution in [-0.2, 0) is 16.0 Å². The lowest BCUT2D eigenvalue weighted by Gasteiger charge is -2.37. The van der Waals surface area contributed by atoms with E-state index in [2.05, 4.69) is 11.8 Å². The molecule has 0 spiro atoms. The van der Waals surface area contributed by atoms with Gasteiger partial charge in [0.05, 0.1) is 5.92 Å². The molecule has 2 amide bonds. The first-order valence-corrected chi connectivity index (χ1v) is 10.2. The van der Waals surface area contributed by atoms with Gasteiger partial charge in [0.2, 0.25) is 11.8 Å². The van der Waals surface area contributed by atoms with Crippen molar-refractivity contribution in [2.45, 2.75) is 19.8 Å². The number of nitrogens with zero attached hydrogens (tertiary/aromatic N) is 3. The minimum atomic E-state index is -0.286. The number of hydrogen-bond donors (Lipinski definition) is 0. The smallest absolute Gasteiger partial charge is 0.228 e. The first-order valence-electron chi connectivity index (χ1n) is 10.2. The van der Waals surface area contributed by atoms with Gasteiger partial charge in [-0.2, -0.15) is 0 Å². The van der Waals surface area contributed by atoms with Gasteiger partial charge in [-0.15, -0.1) is 0 Å². The van der Waals surface area contributed by atoms with Crippen LogP contribution in [-0.4, -0.2) is 49.4 Å². The van der Waals surface area contributed by atoms with Crippen LogP contribution in [0.2, 0.25) is 0 Å². The molecule has 152 valence electrons. The predicted molar refractivity (Wildman–Crippen MR) is 111 cm³/mol. The van der Waals surface area contributed by atoms with E-state index in [0.29, 0.717) is 32.7 Å². The van der Waals surface area contributed by atoms with Crippen LogP contribution in [0.4, 0.5) is 15.8 Å². The quantitative estimate of drug-likeness (QED) is 0.799. The molecule has 0 radical (unpaired) electrons. The molecule has 2 aromatic rings. The Balaban J connectivity index is 1.35. The van der Waals surface area contributed by atoms with Crippen molar-refractivity contribution in [3.8, 4) is 0 Å². The monoisotopic (exact) mass is 395 g/mol. The highest BCUT2D eigenvalue weighted by molar-refractivity contribution is 6.00. The summed E-state index contributed by atoms with van der Waals surface area (Å²) in [6.07, 6.45) is 1.23. The molecule has 4 rings (SSSR count). The minimum absolute atomic E-state index is 0.0116. The topological polar surface area (TPSA) is 43.9 Å². The summed E-state index contributed by atoms with van der Waals surface area (Å²) in [4.78, 5) is 31.3. The molecule has 1 atom stereocenters. The van der Waals surface area contributed by atoms with Gasteiger partial charge in [0.1, 0.15) is 5.82 Å². The largest absolute Gasteiger partial charge is 0.368 e. The predicted octanol–water partition coefficient (Wildman–Crippen LogP) is 3.09. The van der Waals surface area contributed by atoms with Gasteiger partial charge in [-0.05, 0) is 48.4 Å². The molecular formula is C23H26FN3O2. The highest BCUT2D eigenvalue weighted by atomic mass is 19.1. The number of anilines is 2. The molecule has 2 aliphatic rings. The third-order valence-electron chi connectivity index (χ3n) is 5.91. The number of amides is 2. The number of rotatable bonds is 4. The average molecular weight is 395 g/mol. The van der Waals surface area contributed by atoms with Crippen molar-refractivity contribution in [1.82, 2.24) is 4.90 Å². The van der Waals surface area contributed by atoms with Crippen LogP contribution in [0.25, 0.3) is 0 Å². The third kappa shape index (κ3) is 4.11. The lowest BCUT2D eigenvalue weighted by atomic mass is 10.1. The van der Waals surface area contributed by atoms with Crippen molar-refractivity contribution in [3.63, 3.8) is 0 Å². The van der Waals surface area contributed by atoms with Gasteiger partial charge >= 0.3 is 0 Å². The van der Waals surface area contributed by atoms with E-state index < -0.39 is 0 Å². The molecule has 6 heteroatoms. The van der Waals surface area contributed by atoms with Crippen molar-refractivity contribution >= 4 is 23.2 Å². The fourth-order valence-electron chi connectivity index (χ4n) is 4.13. The minimum Gasteiger partial charge on any atom is -0.368 e. The number of benzene rings is 2. The standard InChI is InChI=1S/C23H26FN3O2/c1-2-17-3-7-21(8-4-17)27-16-18(15-22(27)28)23(29)26-13-11-25(12-14-26)20-9-5-19(24)6-10-20/h3-10,18H,2,11-16H2,1H3. The van der Waals surface area contributed by atoms with E-state index in [9.17, 15) is 14.0 Å². The van der Waals surface area contributed by atoms with Crippen LogP contribution >= 0.6 is 0 Å². The van der Waals surface area contributed by atoms with Gasteiger partial charge in [-0.3, -0.25) is 9.59 Å². The van der Waals surface area contributed by atoms with E-state index in [1.807, 2.05) is 29.2 Å². The van der Waals surface area contributed by atoms with E-state index in [4.69, 9.17) is 0 Å². The van der Waals surface area contributed by atoms with E-state index in [1.165, 1.54) is 17.7 Å². The van der Waals surface area contributed by atoms with Crippen molar-refractivity contribution in [3.05, 3.63) is 59.9 Å². The first kappa shape index (κ1) is 19.4. The Hall–Kier alpha value is -2.89. The Bertz CT molecular complexity index is 874. The van der Waals surface area contributed by atoms with Crippen LogP contribution in [0.15, 0.2) is 48.5 Å². The lowest BCUT2D eigenvalue weighted by Crippen LogP contribution is -2.50. The van der Waals surface area contributed by atoms with Crippen molar-refractivity contribution in [1.29, 1.82) is 0 Å². The summed E-state index contributed by atoms with van der Waals surface area (Å²) in [5.74, 6) is -0.463. The molecule has 29 heavy (non-hydrogen) atoms. The molecule has 0 aromatic heterocycles. The van der Waals surface area contributed by atoms with Crippen LogP contribution in [0.3, 0.4) is 0 Å². The molecule has 2 aromatic carbocycles. The third-order valence-corrected chi connectivity index (χ3v) is 5.91. The molecule has 1 unspecified atom stereocenters. The molecule has 2 aliphatic heterocycles. The molecular weight excluding hydrogens is 369 g/mol.